The molecule has 0 aliphatic rings. The van der Waals surface area contributed by atoms with Crippen molar-refractivity contribution in [3.05, 3.63) is 15.0 Å². The lowest BCUT2D eigenvalue weighted by atomic mass is 10.3. The Bertz CT molecular complexity index is 214. The SMILES string of the molecule is COCCCc1cnc(Br)s1. The summed E-state index contributed by atoms with van der Waals surface area (Å²) in [5.74, 6) is 0. The molecule has 1 heterocycles. The Hall–Kier alpha value is 0.0700. The van der Waals surface area contributed by atoms with E-state index in [1.165, 1.54) is 4.88 Å². The third-order valence-corrected chi connectivity index (χ3v) is 2.83. The van der Waals surface area contributed by atoms with Gasteiger partial charge in [0.05, 0.1) is 0 Å². The molecule has 0 atom stereocenters. The van der Waals surface area contributed by atoms with E-state index in [2.05, 4.69) is 20.9 Å². The molecule has 0 radical (unpaired) electrons. The van der Waals surface area contributed by atoms with Gasteiger partial charge in [-0.25, -0.2) is 4.98 Å². The predicted octanol–water partition coefficient (Wildman–Crippen LogP) is 2.48. The normalized spacial score (nSPS) is 10.4. The highest BCUT2D eigenvalue weighted by atomic mass is 79.9. The molecular formula is C7H10BrNOS. The zero-order valence-corrected chi connectivity index (χ0v) is 8.74. The summed E-state index contributed by atoms with van der Waals surface area (Å²) >= 11 is 5.01. The number of halogens is 1. The van der Waals surface area contributed by atoms with E-state index in [1.54, 1.807) is 18.4 Å². The first-order chi connectivity index (χ1) is 5.33. The van der Waals surface area contributed by atoms with E-state index >= 15 is 0 Å². The van der Waals surface area contributed by atoms with Crippen LogP contribution in [0.5, 0.6) is 0 Å². The van der Waals surface area contributed by atoms with Gasteiger partial charge < -0.3 is 4.74 Å². The van der Waals surface area contributed by atoms with Gasteiger partial charge in [-0.05, 0) is 28.8 Å². The van der Waals surface area contributed by atoms with Crippen LogP contribution in [0.4, 0.5) is 0 Å². The number of hydrogen-bond donors (Lipinski definition) is 0. The zero-order chi connectivity index (χ0) is 8.10. The molecule has 0 fully saturated rings. The van der Waals surface area contributed by atoms with Crippen molar-refractivity contribution in [2.75, 3.05) is 13.7 Å². The lowest BCUT2D eigenvalue weighted by Crippen LogP contribution is -1.89. The zero-order valence-electron chi connectivity index (χ0n) is 6.34. The first-order valence-corrected chi connectivity index (χ1v) is 5.03. The van der Waals surface area contributed by atoms with E-state index in [-0.39, 0.29) is 0 Å². The van der Waals surface area contributed by atoms with Gasteiger partial charge in [-0.3, -0.25) is 0 Å². The van der Waals surface area contributed by atoms with Crippen molar-refractivity contribution >= 4 is 27.3 Å². The number of nitrogens with zero attached hydrogens (tertiary/aromatic N) is 1. The number of methoxy groups -OCH3 is 1. The Kier molecular flexibility index (Phi) is 4.04. The van der Waals surface area contributed by atoms with Crippen molar-refractivity contribution in [2.24, 2.45) is 0 Å². The van der Waals surface area contributed by atoms with Crippen molar-refractivity contribution in [3.63, 3.8) is 0 Å². The van der Waals surface area contributed by atoms with E-state index in [0.717, 1.165) is 23.4 Å². The van der Waals surface area contributed by atoms with Gasteiger partial charge in [0, 0.05) is 24.8 Å². The molecule has 62 valence electrons. The average molecular weight is 236 g/mol. The molecule has 4 heteroatoms. The Morgan fingerprint density at radius 1 is 1.73 bits per heavy atom. The summed E-state index contributed by atoms with van der Waals surface area (Å²) in [6.07, 6.45) is 4.05. The van der Waals surface area contributed by atoms with Crippen LogP contribution in [0, 0.1) is 0 Å². The molecule has 1 aromatic heterocycles. The average Bonchev–Trinajstić information content (AvgIpc) is 2.37. The molecule has 0 bridgehead atoms. The molecule has 1 rings (SSSR count). The fraction of sp³-hybridized carbons (Fsp3) is 0.571. The van der Waals surface area contributed by atoms with Gasteiger partial charge >= 0.3 is 0 Å². The standard InChI is InChI=1S/C7H10BrNOS/c1-10-4-2-3-6-5-9-7(8)11-6/h5H,2-4H2,1H3. The van der Waals surface area contributed by atoms with Crippen LogP contribution in [0.2, 0.25) is 0 Å². The maximum absolute atomic E-state index is 4.94. The highest BCUT2D eigenvalue weighted by molar-refractivity contribution is 9.11. The molecule has 1 aromatic rings. The van der Waals surface area contributed by atoms with Crippen LogP contribution < -0.4 is 0 Å². The number of thiazole rings is 1. The summed E-state index contributed by atoms with van der Waals surface area (Å²) in [4.78, 5) is 5.40. The van der Waals surface area contributed by atoms with Gasteiger partial charge in [-0.1, -0.05) is 0 Å². The Morgan fingerprint density at radius 2 is 2.55 bits per heavy atom. The van der Waals surface area contributed by atoms with Gasteiger partial charge in [-0.2, -0.15) is 0 Å². The third kappa shape index (κ3) is 3.31. The summed E-state index contributed by atoms with van der Waals surface area (Å²) in [6.45, 7) is 0.829. The summed E-state index contributed by atoms with van der Waals surface area (Å²) in [7, 11) is 1.72. The number of hydrogen-bond acceptors (Lipinski definition) is 3. The van der Waals surface area contributed by atoms with Crippen LogP contribution in [-0.4, -0.2) is 18.7 Å². The second-order valence-electron chi connectivity index (χ2n) is 2.18. The predicted molar refractivity (Wildman–Crippen MR) is 50.0 cm³/mol. The van der Waals surface area contributed by atoms with E-state index in [0.29, 0.717) is 0 Å². The van der Waals surface area contributed by atoms with Crippen LogP contribution in [0.1, 0.15) is 11.3 Å². The van der Waals surface area contributed by atoms with Crippen molar-refractivity contribution in [2.45, 2.75) is 12.8 Å². The highest BCUT2D eigenvalue weighted by Crippen LogP contribution is 2.19. The Morgan fingerprint density at radius 3 is 3.09 bits per heavy atom. The summed E-state index contributed by atoms with van der Waals surface area (Å²) in [6, 6.07) is 0. The second-order valence-corrected chi connectivity index (χ2v) is 4.57. The minimum Gasteiger partial charge on any atom is -0.385 e. The van der Waals surface area contributed by atoms with Crippen LogP contribution in [0.25, 0.3) is 0 Å². The van der Waals surface area contributed by atoms with Gasteiger partial charge in [0.25, 0.3) is 0 Å². The molecular weight excluding hydrogens is 226 g/mol. The fourth-order valence-corrected chi connectivity index (χ4v) is 2.19. The van der Waals surface area contributed by atoms with Crippen LogP contribution in [0.3, 0.4) is 0 Å². The molecule has 0 aliphatic carbocycles. The molecule has 0 spiro atoms. The first kappa shape index (κ1) is 9.16. The number of aryl methyl sites for hydroxylation is 1. The van der Waals surface area contributed by atoms with E-state index in [4.69, 9.17) is 4.74 Å². The van der Waals surface area contributed by atoms with Crippen molar-refractivity contribution < 1.29 is 4.74 Å². The fourth-order valence-electron chi connectivity index (χ4n) is 0.790. The minimum absolute atomic E-state index is 0.829. The summed E-state index contributed by atoms with van der Waals surface area (Å²) < 4.78 is 5.91. The monoisotopic (exact) mass is 235 g/mol. The maximum Gasteiger partial charge on any atom is 0.159 e. The van der Waals surface area contributed by atoms with Gasteiger partial charge in [0.2, 0.25) is 0 Å². The molecule has 0 N–H and O–H groups in total. The van der Waals surface area contributed by atoms with Gasteiger partial charge in [0.15, 0.2) is 3.92 Å². The number of rotatable bonds is 4. The first-order valence-electron chi connectivity index (χ1n) is 3.42. The lowest BCUT2D eigenvalue weighted by Gasteiger charge is -1.94. The molecule has 2 nitrogen and oxygen atoms in total. The number of aromatic nitrogens is 1. The van der Waals surface area contributed by atoms with Crippen LogP contribution in [0.15, 0.2) is 10.1 Å². The number of ether oxygens (including phenoxy) is 1. The summed E-state index contributed by atoms with van der Waals surface area (Å²) in [5.41, 5.74) is 0. The Balaban J connectivity index is 2.27. The summed E-state index contributed by atoms with van der Waals surface area (Å²) in [5, 5.41) is 0. The van der Waals surface area contributed by atoms with Gasteiger partial charge in [-0.15, -0.1) is 11.3 Å². The van der Waals surface area contributed by atoms with E-state index in [1.807, 2.05) is 6.20 Å². The second kappa shape index (κ2) is 4.85. The van der Waals surface area contributed by atoms with E-state index in [9.17, 15) is 0 Å². The molecule has 0 saturated heterocycles. The molecule has 0 aliphatic heterocycles. The van der Waals surface area contributed by atoms with Crippen LogP contribution >= 0.6 is 27.3 Å². The highest BCUT2D eigenvalue weighted by Gasteiger charge is 1.97. The molecule has 0 aromatic carbocycles. The third-order valence-electron chi connectivity index (χ3n) is 1.30. The molecule has 0 saturated carbocycles. The van der Waals surface area contributed by atoms with Crippen LogP contribution in [-0.2, 0) is 11.2 Å². The minimum atomic E-state index is 0.829. The maximum atomic E-state index is 4.94. The van der Waals surface area contributed by atoms with Crippen molar-refractivity contribution in [3.8, 4) is 0 Å². The quantitative estimate of drug-likeness (QED) is 0.749. The molecule has 11 heavy (non-hydrogen) atoms. The van der Waals surface area contributed by atoms with Crippen molar-refractivity contribution in [1.29, 1.82) is 0 Å². The van der Waals surface area contributed by atoms with E-state index < -0.39 is 0 Å². The smallest absolute Gasteiger partial charge is 0.159 e. The lowest BCUT2D eigenvalue weighted by molar-refractivity contribution is 0.195. The largest absolute Gasteiger partial charge is 0.385 e. The topological polar surface area (TPSA) is 22.1 Å². The molecule has 0 amide bonds. The van der Waals surface area contributed by atoms with Crippen molar-refractivity contribution in [1.82, 2.24) is 4.98 Å². The molecule has 0 unspecified atom stereocenters. The Labute approximate surface area is 78.7 Å². The van der Waals surface area contributed by atoms with Gasteiger partial charge in [0.1, 0.15) is 0 Å².